The first-order chi connectivity index (χ1) is 8.08. The molecule has 1 aliphatic rings. The van der Waals surface area contributed by atoms with E-state index in [4.69, 9.17) is 5.11 Å². The summed E-state index contributed by atoms with van der Waals surface area (Å²) in [4.78, 5) is 13.0. The fourth-order valence-electron chi connectivity index (χ4n) is 2.20. The highest BCUT2D eigenvalue weighted by atomic mass is 79.9. The molecular formula is C12H14BrNO3. The van der Waals surface area contributed by atoms with E-state index < -0.39 is 12.0 Å². The van der Waals surface area contributed by atoms with Crippen molar-refractivity contribution in [2.24, 2.45) is 0 Å². The molecule has 1 aliphatic heterocycles. The van der Waals surface area contributed by atoms with Crippen molar-refractivity contribution in [3.8, 4) is 5.75 Å². The average Bonchev–Trinajstić information content (AvgIpc) is 2.71. The van der Waals surface area contributed by atoms with Gasteiger partial charge in [0.15, 0.2) is 0 Å². The Labute approximate surface area is 108 Å². The standard InChI is InChI=1S/C12H14BrNO3/c13-10-4-3-9(15)6-8(10)7-14-5-1-2-11(14)12(16)17/h3-4,6,11,15H,1-2,5,7H2,(H,16,17). The van der Waals surface area contributed by atoms with Crippen LogP contribution in [0.25, 0.3) is 0 Å². The first-order valence-corrected chi connectivity index (χ1v) is 6.31. The van der Waals surface area contributed by atoms with Gasteiger partial charge in [0.25, 0.3) is 0 Å². The number of phenolic OH excluding ortho intramolecular Hbond substituents is 1. The number of hydrogen-bond acceptors (Lipinski definition) is 3. The Hall–Kier alpha value is -1.07. The zero-order valence-electron chi connectivity index (χ0n) is 9.27. The highest BCUT2D eigenvalue weighted by Gasteiger charge is 2.30. The van der Waals surface area contributed by atoms with Crippen molar-refractivity contribution in [2.75, 3.05) is 6.54 Å². The molecular weight excluding hydrogens is 286 g/mol. The van der Waals surface area contributed by atoms with Crippen molar-refractivity contribution in [3.05, 3.63) is 28.2 Å². The second kappa shape index (κ2) is 5.06. The van der Waals surface area contributed by atoms with Gasteiger partial charge in [0.05, 0.1) is 0 Å². The van der Waals surface area contributed by atoms with Gasteiger partial charge in [0, 0.05) is 11.0 Å². The number of carboxylic acid groups (broad SMARTS) is 1. The molecule has 1 fully saturated rings. The molecule has 0 aromatic heterocycles. The van der Waals surface area contributed by atoms with Crippen molar-refractivity contribution in [2.45, 2.75) is 25.4 Å². The van der Waals surface area contributed by atoms with Crippen LogP contribution in [0, 0.1) is 0 Å². The minimum Gasteiger partial charge on any atom is -0.508 e. The summed E-state index contributed by atoms with van der Waals surface area (Å²) in [6.45, 7) is 1.34. The van der Waals surface area contributed by atoms with Crippen LogP contribution in [0.5, 0.6) is 5.75 Å². The van der Waals surface area contributed by atoms with Gasteiger partial charge < -0.3 is 10.2 Å². The summed E-state index contributed by atoms with van der Waals surface area (Å²) in [5.74, 6) is -0.562. The van der Waals surface area contributed by atoms with Crippen LogP contribution in [0.3, 0.4) is 0 Å². The molecule has 0 amide bonds. The molecule has 1 atom stereocenters. The van der Waals surface area contributed by atoms with E-state index in [9.17, 15) is 9.90 Å². The number of carboxylic acids is 1. The fraction of sp³-hybridized carbons (Fsp3) is 0.417. The molecule has 2 N–H and O–H groups in total. The lowest BCUT2D eigenvalue weighted by Crippen LogP contribution is -2.35. The molecule has 1 aromatic carbocycles. The van der Waals surface area contributed by atoms with E-state index >= 15 is 0 Å². The average molecular weight is 300 g/mol. The van der Waals surface area contributed by atoms with Gasteiger partial charge in [-0.05, 0) is 43.1 Å². The summed E-state index contributed by atoms with van der Waals surface area (Å²) < 4.78 is 0.895. The summed E-state index contributed by atoms with van der Waals surface area (Å²) in [7, 11) is 0. The maximum atomic E-state index is 11.1. The molecule has 5 heteroatoms. The van der Waals surface area contributed by atoms with Crippen LogP contribution < -0.4 is 0 Å². The van der Waals surface area contributed by atoms with Gasteiger partial charge in [-0.3, -0.25) is 9.69 Å². The second-order valence-corrected chi connectivity index (χ2v) is 5.10. The number of hydrogen-bond donors (Lipinski definition) is 2. The normalized spacial score (nSPS) is 20.6. The molecule has 0 aliphatic carbocycles. The molecule has 4 nitrogen and oxygen atoms in total. The quantitative estimate of drug-likeness (QED) is 0.898. The van der Waals surface area contributed by atoms with Crippen molar-refractivity contribution in [3.63, 3.8) is 0 Å². The maximum Gasteiger partial charge on any atom is 0.320 e. The third-order valence-corrected chi connectivity index (χ3v) is 3.83. The number of aromatic hydroxyl groups is 1. The number of nitrogens with zero attached hydrogens (tertiary/aromatic N) is 1. The van der Waals surface area contributed by atoms with Crippen LogP contribution in [0.4, 0.5) is 0 Å². The van der Waals surface area contributed by atoms with Crippen LogP contribution in [0.1, 0.15) is 18.4 Å². The lowest BCUT2D eigenvalue weighted by atomic mass is 10.1. The molecule has 0 bridgehead atoms. The van der Waals surface area contributed by atoms with Crippen LogP contribution in [0.2, 0.25) is 0 Å². The molecule has 0 radical (unpaired) electrons. The van der Waals surface area contributed by atoms with Crippen molar-refractivity contribution in [1.29, 1.82) is 0 Å². The predicted molar refractivity (Wildman–Crippen MR) is 66.9 cm³/mol. The number of likely N-dealkylation sites (tertiary alicyclic amines) is 1. The lowest BCUT2D eigenvalue weighted by Gasteiger charge is -2.21. The summed E-state index contributed by atoms with van der Waals surface area (Å²) in [6.07, 6.45) is 1.61. The molecule has 1 saturated heterocycles. The monoisotopic (exact) mass is 299 g/mol. The molecule has 0 saturated carbocycles. The van der Waals surface area contributed by atoms with Crippen LogP contribution in [0.15, 0.2) is 22.7 Å². The number of benzene rings is 1. The Morgan fingerprint density at radius 3 is 3.00 bits per heavy atom. The zero-order valence-corrected chi connectivity index (χ0v) is 10.9. The van der Waals surface area contributed by atoms with Gasteiger partial charge in [-0.2, -0.15) is 0 Å². The molecule has 1 aromatic rings. The largest absolute Gasteiger partial charge is 0.508 e. The Balaban J connectivity index is 2.15. The molecule has 1 heterocycles. The topological polar surface area (TPSA) is 60.8 Å². The smallest absolute Gasteiger partial charge is 0.320 e. The van der Waals surface area contributed by atoms with E-state index in [0.717, 1.165) is 23.0 Å². The van der Waals surface area contributed by atoms with Crippen molar-refractivity contribution >= 4 is 21.9 Å². The number of rotatable bonds is 3. The minimum absolute atomic E-state index is 0.203. The van der Waals surface area contributed by atoms with Crippen LogP contribution in [-0.4, -0.2) is 33.7 Å². The van der Waals surface area contributed by atoms with E-state index in [1.807, 2.05) is 4.90 Å². The third kappa shape index (κ3) is 2.79. The van der Waals surface area contributed by atoms with E-state index in [1.54, 1.807) is 18.2 Å². The molecule has 17 heavy (non-hydrogen) atoms. The second-order valence-electron chi connectivity index (χ2n) is 4.24. The first-order valence-electron chi connectivity index (χ1n) is 5.52. The van der Waals surface area contributed by atoms with Gasteiger partial charge in [-0.25, -0.2) is 0 Å². The number of carbonyl (C=O) groups is 1. The highest BCUT2D eigenvalue weighted by Crippen LogP contribution is 2.26. The molecule has 0 spiro atoms. The van der Waals surface area contributed by atoms with E-state index in [-0.39, 0.29) is 5.75 Å². The minimum atomic E-state index is -0.765. The number of aliphatic carboxylic acids is 1. The number of phenols is 1. The van der Waals surface area contributed by atoms with E-state index in [2.05, 4.69) is 15.9 Å². The van der Waals surface area contributed by atoms with Crippen LogP contribution in [-0.2, 0) is 11.3 Å². The number of halogens is 1. The van der Waals surface area contributed by atoms with Gasteiger partial charge >= 0.3 is 5.97 Å². The van der Waals surface area contributed by atoms with Crippen LogP contribution >= 0.6 is 15.9 Å². The molecule has 2 rings (SSSR count). The zero-order chi connectivity index (χ0) is 12.4. The Morgan fingerprint density at radius 2 is 2.29 bits per heavy atom. The van der Waals surface area contributed by atoms with Gasteiger partial charge in [-0.15, -0.1) is 0 Å². The molecule has 92 valence electrons. The summed E-state index contributed by atoms with van der Waals surface area (Å²) >= 11 is 3.41. The van der Waals surface area contributed by atoms with Crippen molar-refractivity contribution in [1.82, 2.24) is 4.90 Å². The Kier molecular flexibility index (Phi) is 3.69. The fourth-order valence-corrected chi connectivity index (χ4v) is 2.57. The maximum absolute atomic E-state index is 11.1. The summed E-state index contributed by atoms with van der Waals surface area (Å²) in [6, 6.07) is 4.65. The first kappa shape index (κ1) is 12.4. The van der Waals surface area contributed by atoms with Gasteiger partial charge in [-0.1, -0.05) is 15.9 Å². The molecule has 1 unspecified atom stereocenters. The van der Waals surface area contributed by atoms with E-state index in [0.29, 0.717) is 13.0 Å². The Morgan fingerprint density at radius 1 is 1.53 bits per heavy atom. The lowest BCUT2D eigenvalue weighted by molar-refractivity contribution is -0.142. The SMILES string of the molecule is O=C(O)C1CCCN1Cc1cc(O)ccc1Br. The van der Waals surface area contributed by atoms with Gasteiger partial charge in [0.1, 0.15) is 11.8 Å². The summed E-state index contributed by atoms with van der Waals surface area (Å²) in [5.41, 5.74) is 0.915. The predicted octanol–water partition coefficient (Wildman–Crippen LogP) is 2.20. The van der Waals surface area contributed by atoms with Gasteiger partial charge in [0.2, 0.25) is 0 Å². The van der Waals surface area contributed by atoms with E-state index in [1.165, 1.54) is 0 Å². The highest BCUT2D eigenvalue weighted by molar-refractivity contribution is 9.10. The third-order valence-electron chi connectivity index (χ3n) is 3.05. The Bertz CT molecular complexity index is 436. The summed E-state index contributed by atoms with van der Waals surface area (Å²) in [5, 5.41) is 18.5. The van der Waals surface area contributed by atoms with Crippen molar-refractivity contribution < 1.29 is 15.0 Å².